The molecule has 6 aliphatic rings. The highest BCUT2D eigenvalue weighted by atomic mass is 16.7. The van der Waals surface area contributed by atoms with Gasteiger partial charge in [0.15, 0.2) is 6.29 Å². The van der Waals surface area contributed by atoms with Crippen LogP contribution in [0.3, 0.4) is 0 Å². The third-order valence-electron chi connectivity index (χ3n) is 11.9. The Morgan fingerprint density at radius 3 is 2.66 bits per heavy atom. The first-order chi connectivity index (χ1) is 15.2. The van der Waals surface area contributed by atoms with Gasteiger partial charge >= 0.3 is 5.97 Å². The number of allylic oxidation sites excluding steroid dienone is 1. The van der Waals surface area contributed by atoms with Gasteiger partial charge in [-0.15, -0.1) is 0 Å². The smallest absolute Gasteiger partial charge is 0.302 e. The van der Waals surface area contributed by atoms with E-state index < -0.39 is 0 Å². The van der Waals surface area contributed by atoms with Crippen molar-refractivity contribution in [2.45, 2.75) is 104 Å². The quantitative estimate of drug-likeness (QED) is 0.393. The van der Waals surface area contributed by atoms with Crippen LogP contribution in [0.2, 0.25) is 0 Å². The van der Waals surface area contributed by atoms with E-state index in [2.05, 4.69) is 26.8 Å². The van der Waals surface area contributed by atoms with Gasteiger partial charge in [0.05, 0.1) is 13.2 Å². The summed E-state index contributed by atoms with van der Waals surface area (Å²) >= 11 is 0. The summed E-state index contributed by atoms with van der Waals surface area (Å²) in [6.07, 6.45) is 15.2. The zero-order valence-electron chi connectivity index (χ0n) is 20.6. The molecule has 0 bridgehead atoms. The predicted octanol–water partition coefficient (Wildman–Crippen LogP) is 6.04. The summed E-state index contributed by atoms with van der Waals surface area (Å²) in [6.45, 7) is 10.9. The van der Waals surface area contributed by atoms with Crippen LogP contribution in [0.1, 0.15) is 91.9 Å². The Kier molecular flexibility index (Phi) is 4.78. The van der Waals surface area contributed by atoms with Crippen molar-refractivity contribution >= 4 is 5.97 Å². The van der Waals surface area contributed by atoms with Crippen LogP contribution in [0.15, 0.2) is 11.6 Å². The van der Waals surface area contributed by atoms with Gasteiger partial charge in [0, 0.05) is 19.8 Å². The van der Waals surface area contributed by atoms with Crippen molar-refractivity contribution in [3.8, 4) is 0 Å². The van der Waals surface area contributed by atoms with E-state index in [1.807, 2.05) is 0 Å². The molecule has 0 N–H and O–H groups in total. The van der Waals surface area contributed by atoms with Crippen molar-refractivity contribution in [2.24, 2.45) is 39.4 Å². The molecule has 0 aromatic heterocycles. The van der Waals surface area contributed by atoms with Crippen molar-refractivity contribution in [2.75, 3.05) is 13.2 Å². The largest absolute Gasteiger partial charge is 0.462 e. The fourth-order valence-electron chi connectivity index (χ4n) is 10.2. The van der Waals surface area contributed by atoms with E-state index in [9.17, 15) is 4.79 Å². The molecule has 4 nitrogen and oxygen atoms in total. The highest BCUT2D eigenvalue weighted by molar-refractivity contribution is 5.66. The summed E-state index contributed by atoms with van der Waals surface area (Å²) in [7, 11) is 0. The summed E-state index contributed by atoms with van der Waals surface area (Å²) < 4.78 is 17.3. The standard InChI is InChI=1S/C28H42O4/c1-18(15-24-30-13-14-31-24)22-8-9-26(4)23-6-5-20-16-21(32-19(2)29)7-10-27(20)17-28(23,27)12-11-25(22,26)3/h5,18,21-24H,6-17H2,1-4H3/t18-,21+,22-,23?,25-,26+,27-,28+/m1/s1. The molecule has 1 unspecified atom stereocenters. The maximum absolute atomic E-state index is 11.5. The Bertz CT molecular complexity index is 829. The topological polar surface area (TPSA) is 44.8 Å². The molecular weight excluding hydrogens is 400 g/mol. The van der Waals surface area contributed by atoms with E-state index in [0.717, 1.165) is 44.3 Å². The Hall–Kier alpha value is -0.870. The highest BCUT2D eigenvalue weighted by Gasteiger charge is 2.79. The number of hydrogen-bond donors (Lipinski definition) is 0. The van der Waals surface area contributed by atoms with Gasteiger partial charge in [-0.1, -0.05) is 32.4 Å². The van der Waals surface area contributed by atoms with Crippen LogP contribution in [0.25, 0.3) is 0 Å². The zero-order chi connectivity index (χ0) is 22.4. The van der Waals surface area contributed by atoms with E-state index >= 15 is 0 Å². The molecule has 4 saturated carbocycles. The zero-order valence-corrected chi connectivity index (χ0v) is 20.6. The summed E-state index contributed by atoms with van der Waals surface area (Å²) in [5.41, 5.74) is 3.47. The lowest BCUT2D eigenvalue weighted by Crippen LogP contribution is -2.53. The molecule has 0 amide bonds. The minimum Gasteiger partial charge on any atom is -0.462 e. The molecule has 2 spiro atoms. The normalized spacial score (nSPS) is 50.5. The number of hydrogen-bond acceptors (Lipinski definition) is 4. The van der Waals surface area contributed by atoms with Gasteiger partial charge in [0.1, 0.15) is 6.10 Å². The number of esters is 1. The van der Waals surface area contributed by atoms with E-state index in [-0.39, 0.29) is 18.4 Å². The van der Waals surface area contributed by atoms with Crippen molar-refractivity contribution < 1.29 is 19.0 Å². The lowest BCUT2D eigenvalue weighted by Gasteiger charge is -2.60. The monoisotopic (exact) mass is 442 g/mol. The average molecular weight is 443 g/mol. The first-order valence-electron chi connectivity index (χ1n) is 13.3. The molecule has 178 valence electrons. The van der Waals surface area contributed by atoms with Gasteiger partial charge in [0.25, 0.3) is 0 Å². The van der Waals surface area contributed by atoms with Crippen LogP contribution >= 0.6 is 0 Å². The Balaban J connectivity index is 1.24. The van der Waals surface area contributed by atoms with Crippen molar-refractivity contribution in [3.05, 3.63) is 11.6 Å². The number of fused-ring (bicyclic) bond motifs is 2. The molecule has 0 radical (unpaired) electrons. The lowest BCUT2D eigenvalue weighted by molar-refractivity contribution is -0.148. The summed E-state index contributed by atoms with van der Waals surface area (Å²) in [4.78, 5) is 11.5. The number of rotatable bonds is 4. The van der Waals surface area contributed by atoms with Crippen LogP contribution in [0.5, 0.6) is 0 Å². The van der Waals surface area contributed by atoms with Gasteiger partial charge in [-0.25, -0.2) is 0 Å². The SMILES string of the molecule is CC(=O)O[C@H]1CC[C@]23C[C@]24CC[C@]2(C)[C@@H]([C@H](C)CC5OCCO5)CC[C@@]2(C)C4CC=C3C1. The lowest BCUT2D eigenvalue weighted by atomic mass is 9.44. The predicted molar refractivity (Wildman–Crippen MR) is 123 cm³/mol. The minimum atomic E-state index is -0.119. The molecule has 6 rings (SSSR count). The van der Waals surface area contributed by atoms with Crippen molar-refractivity contribution in [1.29, 1.82) is 0 Å². The highest BCUT2D eigenvalue weighted by Crippen LogP contribution is 2.86. The molecule has 1 saturated heterocycles. The maximum atomic E-state index is 11.5. The maximum Gasteiger partial charge on any atom is 0.302 e. The summed E-state index contributed by atoms with van der Waals surface area (Å²) in [5.74, 6) is 2.13. The second-order valence-corrected chi connectivity index (χ2v) is 12.8. The molecule has 5 aliphatic carbocycles. The molecular formula is C28H42O4. The molecule has 32 heavy (non-hydrogen) atoms. The second-order valence-electron chi connectivity index (χ2n) is 12.8. The molecule has 0 aromatic carbocycles. The van der Waals surface area contributed by atoms with Crippen LogP contribution < -0.4 is 0 Å². The number of carbonyl (C=O) groups is 1. The molecule has 1 aliphatic heterocycles. The van der Waals surface area contributed by atoms with Crippen LogP contribution in [-0.2, 0) is 19.0 Å². The van der Waals surface area contributed by atoms with Crippen molar-refractivity contribution in [1.82, 2.24) is 0 Å². The van der Waals surface area contributed by atoms with Crippen LogP contribution in [0.4, 0.5) is 0 Å². The number of ether oxygens (including phenoxy) is 3. The molecule has 5 fully saturated rings. The number of carbonyl (C=O) groups excluding carboxylic acids is 1. The Morgan fingerprint density at radius 1 is 1.12 bits per heavy atom. The second kappa shape index (κ2) is 7.07. The van der Waals surface area contributed by atoms with Crippen LogP contribution in [0, 0.1) is 39.4 Å². The molecule has 8 atom stereocenters. The molecule has 1 heterocycles. The Morgan fingerprint density at radius 2 is 1.91 bits per heavy atom. The van der Waals surface area contributed by atoms with E-state index in [1.165, 1.54) is 44.9 Å². The van der Waals surface area contributed by atoms with Gasteiger partial charge < -0.3 is 14.2 Å². The van der Waals surface area contributed by atoms with Crippen molar-refractivity contribution in [3.63, 3.8) is 0 Å². The first kappa shape index (κ1) is 21.6. The molecule has 4 heteroatoms. The minimum absolute atomic E-state index is 0.0228. The van der Waals surface area contributed by atoms with Gasteiger partial charge in [-0.05, 0) is 90.8 Å². The third-order valence-corrected chi connectivity index (χ3v) is 11.9. The van der Waals surface area contributed by atoms with E-state index in [1.54, 1.807) is 12.5 Å². The van der Waals surface area contributed by atoms with E-state index in [4.69, 9.17) is 14.2 Å². The van der Waals surface area contributed by atoms with Gasteiger partial charge in [-0.3, -0.25) is 4.79 Å². The van der Waals surface area contributed by atoms with Crippen LogP contribution in [-0.4, -0.2) is 31.6 Å². The third kappa shape index (κ3) is 2.72. The fraction of sp³-hybridized carbons (Fsp3) is 0.893. The summed E-state index contributed by atoms with van der Waals surface area (Å²) in [5, 5.41) is 0. The average Bonchev–Trinajstić information content (AvgIpc) is 2.99. The van der Waals surface area contributed by atoms with Gasteiger partial charge in [0.2, 0.25) is 0 Å². The van der Waals surface area contributed by atoms with E-state index in [0.29, 0.717) is 27.6 Å². The molecule has 0 aromatic rings. The fourth-order valence-corrected chi connectivity index (χ4v) is 10.2. The first-order valence-corrected chi connectivity index (χ1v) is 13.3. The van der Waals surface area contributed by atoms with Gasteiger partial charge in [-0.2, -0.15) is 0 Å². The Labute approximate surface area is 193 Å². The summed E-state index contributed by atoms with van der Waals surface area (Å²) in [6, 6.07) is 0.